The molecule has 0 spiro atoms. The summed E-state index contributed by atoms with van der Waals surface area (Å²) in [6.07, 6.45) is 5.27. The number of nitrogens with zero attached hydrogens (tertiary/aromatic N) is 6. The molecule has 0 saturated carbocycles. The van der Waals surface area contributed by atoms with Gasteiger partial charge >= 0.3 is 0 Å². The van der Waals surface area contributed by atoms with Crippen LogP contribution in [0.1, 0.15) is 26.3 Å². The minimum atomic E-state index is -0.0126. The first-order valence-electron chi connectivity index (χ1n) is 13.2. The zero-order valence-corrected chi connectivity index (χ0v) is 25.3. The van der Waals surface area contributed by atoms with Crippen LogP contribution in [-0.2, 0) is 26.5 Å². The fourth-order valence-corrected chi connectivity index (χ4v) is 5.15. The van der Waals surface area contributed by atoms with Crippen molar-refractivity contribution in [1.82, 2.24) is 19.5 Å². The summed E-state index contributed by atoms with van der Waals surface area (Å²) in [7, 11) is 2.03. The van der Waals surface area contributed by atoms with Crippen molar-refractivity contribution in [3.63, 3.8) is 0 Å². The van der Waals surface area contributed by atoms with E-state index in [4.69, 9.17) is 14.7 Å². The molecule has 1 aliphatic heterocycles. The van der Waals surface area contributed by atoms with Crippen molar-refractivity contribution >= 4 is 39.0 Å². The van der Waals surface area contributed by atoms with E-state index < -0.39 is 0 Å². The van der Waals surface area contributed by atoms with Gasteiger partial charge in [0.2, 0.25) is 0 Å². The summed E-state index contributed by atoms with van der Waals surface area (Å²) in [6.45, 7) is 8.63. The van der Waals surface area contributed by atoms with Crippen molar-refractivity contribution in [3.05, 3.63) is 110 Å². The van der Waals surface area contributed by atoms with Gasteiger partial charge in [0.25, 0.3) is 0 Å². The topological polar surface area (TPSA) is 59.3 Å². The Bertz CT molecular complexity index is 1890. The maximum atomic E-state index is 6.19. The second kappa shape index (κ2) is 10.3. The van der Waals surface area contributed by atoms with Gasteiger partial charge in [-0.25, -0.2) is 4.98 Å². The number of rotatable bonds is 4. The van der Waals surface area contributed by atoms with E-state index in [1.54, 1.807) is 12.4 Å². The smallest absolute Gasteiger partial charge is 0.135 e. The van der Waals surface area contributed by atoms with E-state index in [9.17, 15) is 0 Å². The molecule has 1 aliphatic rings. The van der Waals surface area contributed by atoms with Crippen LogP contribution in [0.2, 0.25) is 0 Å². The van der Waals surface area contributed by atoms with Crippen LogP contribution in [0.15, 0.2) is 85.3 Å². The van der Waals surface area contributed by atoms with E-state index in [0.717, 1.165) is 44.8 Å². The molecule has 0 unspecified atom stereocenters. The van der Waals surface area contributed by atoms with Gasteiger partial charge in [-0.2, -0.15) is 24.5 Å². The van der Waals surface area contributed by atoms with Crippen LogP contribution in [0.25, 0.3) is 27.8 Å². The number of aromatic nitrogens is 4. The van der Waals surface area contributed by atoms with Gasteiger partial charge in [0.15, 0.2) is 0 Å². The predicted molar refractivity (Wildman–Crippen MR) is 158 cm³/mol. The molecular weight excluding hydrogens is 691 g/mol. The third-order valence-corrected chi connectivity index (χ3v) is 7.18. The molecule has 0 amide bonds. The van der Waals surface area contributed by atoms with Gasteiger partial charge in [-0.15, -0.1) is 6.07 Å². The Kier molecular flexibility index (Phi) is 6.78. The molecule has 7 nitrogen and oxygen atoms in total. The van der Waals surface area contributed by atoms with Crippen LogP contribution in [0.3, 0.4) is 0 Å². The normalized spacial score (nSPS) is 13.0. The fraction of sp³-hybridized carbons (Fsp3) is 0.152. The van der Waals surface area contributed by atoms with Crippen molar-refractivity contribution < 1.29 is 25.8 Å². The number of para-hydroxylation sites is 3. The molecule has 41 heavy (non-hydrogen) atoms. The molecule has 5 heterocycles. The Balaban J connectivity index is 0.00000302. The summed E-state index contributed by atoms with van der Waals surface area (Å²) in [5.41, 5.74) is 6.84. The van der Waals surface area contributed by atoms with Crippen LogP contribution in [0.5, 0.6) is 11.6 Å². The third-order valence-electron chi connectivity index (χ3n) is 7.18. The molecule has 208 valence electrons. The molecule has 0 fully saturated rings. The van der Waals surface area contributed by atoms with Gasteiger partial charge in [-0.3, -0.25) is 4.98 Å². The van der Waals surface area contributed by atoms with Crippen molar-refractivity contribution in [1.29, 1.82) is 0 Å². The third kappa shape index (κ3) is 4.74. The Hall–Kier alpha value is -4.22. The van der Waals surface area contributed by atoms with E-state index >= 15 is 0 Å². The predicted octanol–water partition coefficient (Wildman–Crippen LogP) is 7.36. The van der Waals surface area contributed by atoms with Gasteiger partial charge in [0, 0.05) is 49.9 Å². The van der Waals surface area contributed by atoms with E-state index in [1.165, 1.54) is 5.56 Å². The zero-order valence-electron chi connectivity index (χ0n) is 23.1. The Labute approximate surface area is 253 Å². The van der Waals surface area contributed by atoms with Crippen molar-refractivity contribution in [3.8, 4) is 17.4 Å². The maximum Gasteiger partial charge on any atom is 0.135 e. The number of fused-ring (bicyclic) bond motifs is 4. The summed E-state index contributed by atoms with van der Waals surface area (Å²) in [5.74, 6) is 1.60. The van der Waals surface area contributed by atoms with Gasteiger partial charge in [-0.1, -0.05) is 51.1 Å². The number of hydrogen-bond acceptors (Lipinski definition) is 6. The standard InChI is InChI=1S/C33H27N6O.Pt/c1-33(2,3)22-13-15-34-30(17-22)39-26-10-6-5-9-25(26)32-29(39)19-24(20-36-32)40-31-18-23(14-16-35-31)38-21-37(4)27-11-7-8-12-28(27)38;/h5-17,20-21H,1-4H3;/q-3;. The maximum absolute atomic E-state index is 6.19. The molecule has 0 saturated heterocycles. The van der Waals surface area contributed by atoms with E-state index in [-0.39, 0.29) is 26.5 Å². The second-order valence-electron chi connectivity index (χ2n) is 10.9. The number of ether oxygens (including phenoxy) is 1. The zero-order chi connectivity index (χ0) is 27.4. The summed E-state index contributed by atoms with van der Waals surface area (Å²) in [6, 6.07) is 29.3. The molecule has 8 heteroatoms. The quantitative estimate of drug-likeness (QED) is 0.178. The first kappa shape index (κ1) is 27.0. The summed E-state index contributed by atoms with van der Waals surface area (Å²) < 4.78 is 8.29. The van der Waals surface area contributed by atoms with Crippen LogP contribution >= 0.6 is 0 Å². The summed E-state index contributed by atoms with van der Waals surface area (Å²) >= 11 is 0. The number of anilines is 3. The molecule has 2 aromatic carbocycles. The molecule has 7 rings (SSSR count). The molecular formula is C33H27N6OPt-3. The minimum absolute atomic E-state index is 0. The molecule has 0 bridgehead atoms. The van der Waals surface area contributed by atoms with E-state index in [1.807, 2.05) is 50.2 Å². The Morgan fingerprint density at radius 2 is 1.61 bits per heavy atom. The van der Waals surface area contributed by atoms with E-state index in [2.05, 4.69) is 88.7 Å². The summed E-state index contributed by atoms with van der Waals surface area (Å²) in [5, 5.41) is 1.03. The SMILES string of the molecule is CN1[CH-]N(c2[c-]c(Oc3[c-]c4c(nc3)c3ccccc3n4-c3cc(C(C)(C)C)ccn3)ncc2)c2ccccc21.[Pt]. The van der Waals surface area contributed by atoms with Crippen LogP contribution in [-0.4, -0.2) is 26.6 Å². The van der Waals surface area contributed by atoms with Gasteiger partial charge in [0.1, 0.15) is 11.7 Å². The average Bonchev–Trinajstić information content (AvgIpc) is 3.47. The Morgan fingerprint density at radius 3 is 2.44 bits per heavy atom. The molecule has 4 aromatic heterocycles. The van der Waals surface area contributed by atoms with Gasteiger partial charge in [0.05, 0.1) is 0 Å². The molecule has 0 atom stereocenters. The Morgan fingerprint density at radius 1 is 0.854 bits per heavy atom. The number of pyridine rings is 3. The van der Waals surface area contributed by atoms with Gasteiger partial charge in [-0.05, 0) is 77.2 Å². The molecule has 0 N–H and O–H groups in total. The van der Waals surface area contributed by atoms with Crippen molar-refractivity contribution in [2.24, 2.45) is 0 Å². The molecule has 0 aliphatic carbocycles. The monoisotopic (exact) mass is 718 g/mol. The number of benzene rings is 2. The first-order chi connectivity index (χ1) is 19.4. The van der Waals surface area contributed by atoms with Crippen molar-refractivity contribution in [2.75, 3.05) is 16.8 Å². The number of hydrogen-bond donors (Lipinski definition) is 0. The van der Waals surface area contributed by atoms with Crippen LogP contribution in [0.4, 0.5) is 17.1 Å². The molecule has 0 radical (unpaired) electrons. The second-order valence-corrected chi connectivity index (χ2v) is 10.9. The largest absolute Gasteiger partial charge is 0.504 e. The van der Waals surface area contributed by atoms with Crippen LogP contribution in [0, 0.1) is 18.8 Å². The average molecular weight is 719 g/mol. The molecule has 6 aromatic rings. The van der Waals surface area contributed by atoms with E-state index in [0.29, 0.717) is 11.6 Å². The minimum Gasteiger partial charge on any atom is -0.504 e. The summed E-state index contributed by atoms with van der Waals surface area (Å²) in [4.78, 5) is 18.1. The first-order valence-corrected chi connectivity index (χ1v) is 13.2. The van der Waals surface area contributed by atoms with Crippen molar-refractivity contribution in [2.45, 2.75) is 26.2 Å². The fourth-order valence-electron chi connectivity index (χ4n) is 5.15. The van der Waals surface area contributed by atoms with Gasteiger partial charge < -0.3 is 24.1 Å². The van der Waals surface area contributed by atoms with Crippen LogP contribution < -0.4 is 14.5 Å².